The predicted octanol–water partition coefficient (Wildman–Crippen LogP) is 3.12. The van der Waals surface area contributed by atoms with Crippen molar-refractivity contribution in [3.8, 4) is 22.8 Å². The van der Waals surface area contributed by atoms with E-state index < -0.39 is 12.0 Å². The third-order valence-electron chi connectivity index (χ3n) is 4.75. The molecule has 4 rings (SSSR count). The predicted molar refractivity (Wildman–Crippen MR) is 101 cm³/mol. The lowest BCUT2D eigenvalue weighted by Crippen LogP contribution is -2.30. The van der Waals surface area contributed by atoms with Crippen LogP contribution in [0.1, 0.15) is 23.9 Å². The van der Waals surface area contributed by atoms with Crippen LogP contribution in [0.3, 0.4) is 0 Å². The molecule has 1 atom stereocenters. The number of aryl methyl sites for hydroxylation is 2. The average molecular weight is 400 g/mol. The van der Waals surface area contributed by atoms with E-state index in [1.165, 1.54) is 29.0 Å². The van der Waals surface area contributed by atoms with E-state index >= 15 is 0 Å². The van der Waals surface area contributed by atoms with Crippen LogP contribution in [0, 0.1) is 13.8 Å². The first-order chi connectivity index (χ1) is 13.7. The number of alkyl halides is 2. The van der Waals surface area contributed by atoms with Crippen molar-refractivity contribution in [3.05, 3.63) is 47.6 Å². The van der Waals surface area contributed by atoms with Gasteiger partial charge in [0.15, 0.2) is 23.1 Å². The van der Waals surface area contributed by atoms with Gasteiger partial charge in [-0.3, -0.25) is 0 Å². The number of hydrogen-bond donors (Lipinski definition) is 2. The number of hydrogen-bond acceptors (Lipinski definition) is 7. The third-order valence-corrected chi connectivity index (χ3v) is 4.75. The molecule has 0 aliphatic rings. The van der Waals surface area contributed by atoms with E-state index in [9.17, 15) is 13.9 Å². The zero-order valence-corrected chi connectivity index (χ0v) is 15.9. The van der Waals surface area contributed by atoms with Gasteiger partial charge in [-0.25, -0.2) is 28.2 Å². The molecule has 10 heteroatoms. The lowest BCUT2D eigenvalue weighted by atomic mass is 9.92. The maximum absolute atomic E-state index is 13.3. The van der Waals surface area contributed by atoms with Crippen molar-refractivity contribution in [2.75, 3.05) is 5.73 Å². The number of oxazole rings is 1. The summed E-state index contributed by atoms with van der Waals surface area (Å²) in [4.78, 5) is 12.5. The van der Waals surface area contributed by atoms with Crippen molar-refractivity contribution in [1.29, 1.82) is 0 Å². The Hall–Kier alpha value is -3.40. The Morgan fingerprint density at radius 1 is 1.21 bits per heavy atom. The van der Waals surface area contributed by atoms with Gasteiger partial charge in [0.25, 0.3) is 6.43 Å². The van der Waals surface area contributed by atoms with Gasteiger partial charge in [-0.15, -0.1) is 5.10 Å². The Morgan fingerprint density at radius 3 is 2.62 bits per heavy atom. The Kier molecular flexibility index (Phi) is 4.30. The number of anilines is 1. The first kappa shape index (κ1) is 18.9. The SMILES string of the molecule is Cc1ncc(-c2nc(N)c3ncc(-c4cc(C(C)(O)C(F)F)ccc4C)n3n2)o1. The van der Waals surface area contributed by atoms with E-state index in [0.717, 1.165) is 12.5 Å². The number of aliphatic hydroxyl groups is 1. The number of fused-ring (bicyclic) bond motifs is 1. The molecule has 0 saturated heterocycles. The van der Waals surface area contributed by atoms with Gasteiger partial charge in [0, 0.05) is 12.5 Å². The van der Waals surface area contributed by atoms with Crippen LogP contribution in [0.25, 0.3) is 28.5 Å². The van der Waals surface area contributed by atoms with E-state index in [2.05, 4.69) is 20.1 Å². The van der Waals surface area contributed by atoms with Crippen LogP contribution in [-0.4, -0.2) is 36.1 Å². The Morgan fingerprint density at radius 2 is 1.97 bits per heavy atom. The van der Waals surface area contributed by atoms with Gasteiger partial charge in [-0.1, -0.05) is 12.1 Å². The molecule has 0 fully saturated rings. The van der Waals surface area contributed by atoms with Gasteiger partial charge in [-0.05, 0) is 31.0 Å². The molecule has 0 aliphatic carbocycles. The molecule has 3 heterocycles. The topological polar surface area (TPSA) is 115 Å². The number of nitrogens with two attached hydrogens (primary N) is 1. The Labute approximate surface area is 164 Å². The summed E-state index contributed by atoms with van der Waals surface area (Å²) < 4.78 is 33.5. The molecule has 0 amide bonds. The van der Waals surface area contributed by atoms with Crippen LogP contribution >= 0.6 is 0 Å². The highest BCUT2D eigenvalue weighted by molar-refractivity contribution is 5.72. The number of rotatable bonds is 4. The van der Waals surface area contributed by atoms with E-state index in [0.29, 0.717) is 28.6 Å². The van der Waals surface area contributed by atoms with Gasteiger partial charge < -0.3 is 15.3 Å². The van der Waals surface area contributed by atoms with Crippen LogP contribution in [-0.2, 0) is 5.60 Å². The summed E-state index contributed by atoms with van der Waals surface area (Å²) in [5, 5.41) is 14.6. The van der Waals surface area contributed by atoms with Crippen LogP contribution in [0.2, 0.25) is 0 Å². The van der Waals surface area contributed by atoms with Crippen molar-refractivity contribution in [1.82, 2.24) is 24.6 Å². The van der Waals surface area contributed by atoms with Gasteiger partial charge >= 0.3 is 0 Å². The van der Waals surface area contributed by atoms with E-state index in [-0.39, 0.29) is 17.2 Å². The van der Waals surface area contributed by atoms with Crippen molar-refractivity contribution >= 4 is 11.5 Å². The molecule has 1 aromatic carbocycles. The second-order valence-electron chi connectivity index (χ2n) is 6.92. The molecule has 3 aromatic heterocycles. The second kappa shape index (κ2) is 6.59. The fraction of sp³-hybridized carbons (Fsp3) is 0.263. The van der Waals surface area contributed by atoms with E-state index in [4.69, 9.17) is 10.2 Å². The number of imidazole rings is 1. The molecule has 0 bridgehead atoms. The van der Waals surface area contributed by atoms with Gasteiger partial charge in [0.2, 0.25) is 5.82 Å². The van der Waals surface area contributed by atoms with E-state index in [1.807, 2.05) is 6.92 Å². The highest BCUT2D eigenvalue weighted by Crippen LogP contribution is 2.33. The second-order valence-corrected chi connectivity index (χ2v) is 6.92. The molecule has 0 saturated carbocycles. The quantitative estimate of drug-likeness (QED) is 0.541. The molecule has 0 aliphatic heterocycles. The summed E-state index contributed by atoms with van der Waals surface area (Å²) in [6.07, 6.45) is 0.0662. The normalized spacial score (nSPS) is 13.9. The number of halogens is 2. The third kappa shape index (κ3) is 3.11. The Bertz CT molecular complexity index is 1210. The standard InChI is InChI=1S/C19H18F2N6O2/c1-9-4-5-11(19(3,28)18(20)21)6-12(9)13-7-24-17-15(22)25-16(26-27(13)17)14-8-23-10(2)29-14/h4-8,18,28H,1-3H3,(H2,22,25,26). The van der Waals surface area contributed by atoms with Crippen LogP contribution in [0.15, 0.2) is 35.0 Å². The number of benzene rings is 1. The molecular weight excluding hydrogens is 382 g/mol. The van der Waals surface area contributed by atoms with Crippen molar-refractivity contribution < 1.29 is 18.3 Å². The van der Waals surface area contributed by atoms with Gasteiger partial charge in [0.1, 0.15) is 5.60 Å². The molecule has 0 spiro atoms. The molecule has 0 radical (unpaired) electrons. The number of aromatic nitrogens is 5. The van der Waals surface area contributed by atoms with E-state index in [1.54, 1.807) is 13.0 Å². The molecular formula is C19H18F2N6O2. The van der Waals surface area contributed by atoms with Crippen LogP contribution < -0.4 is 5.73 Å². The minimum absolute atomic E-state index is 0.0798. The first-order valence-electron chi connectivity index (χ1n) is 8.74. The lowest BCUT2D eigenvalue weighted by molar-refractivity contribution is -0.0883. The summed E-state index contributed by atoms with van der Waals surface area (Å²) in [5.41, 5.74) is 6.01. The van der Waals surface area contributed by atoms with Crippen molar-refractivity contribution in [2.24, 2.45) is 0 Å². The highest BCUT2D eigenvalue weighted by atomic mass is 19.3. The number of nitrogens with zero attached hydrogens (tertiary/aromatic N) is 5. The fourth-order valence-corrected chi connectivity index (χ4v) is 2.99. The highest BCUT2D eigenvalue weighted by Gasteiger charge is 2.34. The maximum atomic E-state index is 13.3. The minimum atomic E-state index is -2.94. The maximum Gasteiger partial charge on any atom is 0.270 e. The van der Waals surface area contributed by atoms with Gasteiger partial charge in [0.05, 0.1) is 18.1 Å². The number of nitrogen functional groups attached to an aromatic ring is 1. The van der Waals surface area contributed by atoms with Crippen molar-refractivity contribution in [3.63, 3.8) is 0 Å². The largest absolute Gasteiger partial charge is 0.438 e. The first-order valence-corrected chi connectivity index (χ1v) is 8.74. The molecule has 1 unspecified atom stereocenters. The fourth-order valence-electron chi connectivity index (χ4n) is 2.99. The zero-order valence-electron chi connectivity index (χ0n) is 15.9. The molecule has 150 valence electrons. The Balaban J connectivity index is 1.92. The summed E-state index contributed by atoms with van der Waals surface area (Å²) in [6.45, 7) is 4.59. The molecule has 29 heavy (non-hydrogen) atoms. The smallest absolute Gasteiger partial charge is 0.270 e. The molecule has 3 N–H and O–H groups in total. The van der Waals surface area contributed by atoms with Crippen LogP contribution in [0.4, 0.5) is 14.6 Å². The minimum Gasteiger partial charge on any atom is -0.438 e. The summed E-state index contributed by atoms with van der Waals surface area (Å²) in [6, 6.07) is 4.63. The van der Waals surface area contributed by atoms with Gasteiger partial charge in [-0.2, -0.15) is 0 Å². The molecule has 8 nitrogen and oxygen atoms in total. The van der Waals surface area contributed by atoms with Crippen molar-refractivity contribution in [2.45, 2.75) is 32.8 Å². The lowest BCUT2D eigenvalue weighted by Gasteiger charge is -2.23. The molecule has 4 aromatic rings. The zero-order chi connectivity index (χ0) is 20.9. The summed E-state index contributed by atoms with van der Waals surface area (Å²) in [7, 11) is 0. The summed E-state index contributed by atoms with van der Waals surface area (Å²) >= 11 is 0. The monoisotopic (exact) mass is 400 g/mol. The van der Waals surface area contributed by atoms with Crippen LogP contribution in [0.5, 0.6) is 0 Å². The summed E-state index contributed by atoms with van der Waals surface area (Å²) in [5.74, 6) is 1.12. The average Bonchev–Trinajstić information content (AvgIpc) is 3.28.